The van der Waals surface area contributed by atoms with Crippen LogP contribution in [-0.2, 0) is 12.0 Å². The Kier molecular flexibility index (Phi) is 4.48. The molecule has 0 aliphatic rings. The summed E-state index contributed by atoms with van der Waals surface area (Å²) in [5, 5.41) is 2.95. The minimum Gasteiger partial charge on any atom is -0.467 e. The van der Waals surface area contributed by atoms with Crippen molar-refractivity contribution >= 4 is 5.91 Å². The van der Waals surface area contributed by atoms with Crippen molar-refractivity contribution < 1.29 is 9.21 Å². The zero-order valence-corrected chi connectivity index (χ0v) is 12.8. The van der Waals surface area contributed by atoms with Gasteiger partial charge in [-0.15, -0.1) is 0 Å². The molecule has 0 aliphatic heterocycles. The molecule has 21 heavy (non-hydrogen) atoms. The van der Waals surface area contributed by atoms with Gasteiger partial charge in [0.25, 0.3) is 5.91 Å². The topological polar surface area (TPSA) is 68.3 Å². The molecule has 112 valence electrons. The normalized spacial score (nSPS) is 11.4. The maximum absolute atomic E-state index is 12.1. The van der Waals surface area contributed by atoms with Crippen molar-refractivity contribution in [2.24, 2.45) is 5.73 Å². The van der Waals surface area contributed by atoms with Gasteiger partial charge in [0, 0.05) is 12.0 Å². The first-order valence-electron chi connectivity index (χ1n) is 7.05. The maximum Gasteiger partial charge on any atom is 0.254 e. The predicted molar refractivity (Wildman–Crippen MR) is 83.1 cm³/mol. The summed E-state index contributed by atoms with van der Waals surface area (Å²) >= 11 is 0. The van der Waals surface area contributed by atoms with Gasteiger partial charge in [-0.2, -0.15) is 0 Å². The summed E-state index contributed by atoms with van der Waals surface area (Å²) in [7, 11) is 0. The Balaban J connectivity index is 2.02. The van der Waals surface area contributed by atoms with E-state index >= 15 is 0 Å². The van der Waals surface area contributed by atoms with E-state index in [1.807, 2.05) is 6.07 Å². The number of hydrogen-bond acceptors (Lipinski definition) is 3. The third kappa shape index (κ3) is 3.73. The molecule has 1 aromatic heterocycles. The van der Waals surface area contributed by atoms with Crippen molar-refractivity contribution in [2.75, 3.05) is 6.54 Å². The Hall–Kier alpha value is -2.07. The third-order valence-corrected chi connectivity index (χ3v) is 3.61. The van der Waals surface area contributed by atoms with Gasteiger partial charge in [0.1, 0.15) is 12.0 Å². The highest BCUT2D eigenvalue weighted by molar-refractivity contribution is 5.94. The Labute approximate surface area is 125 Å². The summed E-state index contributed by atoms with van der Waals surface area (Å²) in [6.45, 7) is 7.14. The Morgan fingerprint density at radius 3 is 2.71 bits per heavy atom. The van der Waals surface area contributed by atoms with E-state index in [0.717, 1.165) is 0 Å². The summed E-state index contributed by atoms with van der Waals surface area (Å²) in [5.41, 5.74) is 8.27. The van der Waals surface area contributed by atoms with Crippen molar-refractivity contribution in [3.8, 4) is 0 Å². The minimum absolute atomic E-state index is 0.137. The number of carbonyl (C=O) groups is 1. The second kappa shape index (κ2) is 6.14. The van der Waals surface area contributed by atoms with Crippen LogP contribution in [0.15, 0.2) is 41.0 Å². The molecule has 2 aromatic rings. The molecule has 0 fully saturated rings. The smallest absolute Gasteiger partial charge is 0.254 e. The number of hydrogen-bond donors (Lipinski definition) is 2. The van der Waals surface area contributed by atoms with Crippen molar-refractivity contribution in [3.05, 3.63) is 59.0 Å². The largest absolute Gasteiger partial charge is 0.467 e. The van der Waals surface area contributed by atoms with Gasteiger partial charge >= 0.3 is 0 Å². The maximum atomic E-state index is 12.1. The number of carbonyl (C=O) groups excluding carboxylic acids is 1. The molecule has 0 unspecified atom stereocenters. The highest BCUT2D eigenvalue weighted by Crippen LogP contribution is 2.23. The lowest BCUT2D eigenvalue weighted by atomic mass is 9.84. The van der Waals surface area contributed by atoms with Gasteiger partial charge in [0.05, 0.1) is 12.1 Å². The van der Waals surface area contributed by atoms with Crippen LogP contribution in [0.1, 0.15) is 41.1 Å². The molecule has 0 spiro atoms. The van der Waals surface area contributed by atoms with E-state index in [1.54, 1.807) is 6.07 Å². The summed E-state index contributed by atoms with van der Waals surface area (Å²) in [6, 6.07) is 10.0. The molecular weight excluding hydrogens is 264 g/mol. The second-order valence-electron chi connectivity index (χ2n) is 5.94. The molecule has 0 saturated carbocycles. The molecule has 2 rings (SSSR count). The third-order valence-electron chi connectivity index (χ3n) is 3.61. The number of furan rings is 1. The first-order valence-corrected chi connectivity index (χ1v) is 7.05. The number of aryl methyl sites for hydroxylation is 1. The fourth-order valence-electron chi connectivity index (χ4n) is 2.18. The number of nitrogens with one attached hydrogen (secondary N) is 1. The summed E-state index contributed by atoms with van der Waals surface area (Å²) < 4.78 is 5.18. The molecule has 0 atom stereocenters. The summed E-state index contributed by atoms with van der Waals surface area (Å²) in [6.07, 6.45) is 1.44. The van der Waals surface area contributed by atoms with Gasteiger partial charge in [0.2, 0.25) is 0 Å². The van der Waals surface area contributed by atoms with Gasteiger partial charge in [-0.25, -0.2) is 0 Å². The predicted octanol–water partition coefficient (Wildman–Crippen LogP) is 2.75. The fourth-order valence-corrected chi connectivity index (χ4v) is 2.18. The van der Waals surface area contributed by atoms with Gasteiger partial charge in [-0.05, 0) is 18.6 Å². The van der Waals surface area contributed by atoms with Crippen molar-refractivity contribution in [1.29, 1.82) is 0 Å². The van der Waals surface area contributed by atoms with Crippen LogP contribution in [0, 0.1) is 6.92 Å². The number of amides is 1. The monoisotopic (exact) mass is 286 g/mol. The van der Waals surface area contributed by atoms with Crippen LogP contribution >= 0.6 is 0 Å². The van der Waals surface area contributed by atoms with Crippen molar-refractivity contribution in [3.63, 3.8) is 0 Å². The molecule has 0 bridgehead atoms. The molecule has 0 aliphatic carbocycles. The molecule has 0 radical (unpaired) electrons. The zero-order chi connectivity index (χ0) is 15.5. The zero-order valence-electron chi connectivity index (χ0n) is 12.8. The molecule has 0 saturated heterocycles. The average Bonchev–Trinajstić information content (AvgIpc) is 2.94. The fraction of sp³-hybridized carbons (Fsp3) is 0.353. The standard InChI is InChI=1S/C17H22N2O2/c1-12-5-4-6-14(7-12)17(2,3)11-19-16(20)13-8-15(9-18)21-10-13/h4-8,10H,9,11,18H2,1-3H3,(H,19,20). The van der Waals surface area contributed by atoms with Crippen LogP contribution in [0.3, 0.4) is 0 Å². The summed E-state index contributed by atoms with van der Waals surface area (Å²) in [5.74, 6) is 0.470. The van der Waals surface area contributed by atoms with Gasteiger partial charge in [-0.3, -0.25) is 4.79 Å². The van der Waals surface area contributed by atoms with Crippen LogP contribution in [0.2, 0.25) is 0 Å². The van der Waals surface area contributed by atoms with Crippen LogP contribution in [0.5, 0.6) is 0 Å². The highest BCUT2D eigenvalue weighted by atomic mass is 16.3. The molecule has 1 aromatic carbocycles. The van der Waals surface area contributed by atoms with Crippen molar-refractivity contribution in [1.82, 2.24) is 5.32 Å². The molecule has 1 amide bonds. The van der Waals surface area contributed by atoms with E-state index in [4.69, 9.17) is 10.2 Å². The van der Waals surface area contributed by atoms with Gasteiger partial charge < -0.3 is 15.5 Å². The Bertz CT molecular complexity index is 629. The molecular formula is C17H22N2O2. The average molecular weight is 286 g/mol. The lowest BCUT2D eigenvalue weighted by Gasteiger charge is -2.26. The SMILES string of the molecule is Cc1cccc(C(C)(C)CNC(=O)c2coc(CN)c2)c1. The van der Waals surface area contributed by atoms with E-state index in [9.17, 15) is 4.79 Å². The molecule has 3 N–H and O–H groups in total. The molecule has 4 nitrogen and oxygen atoms in total. The van der Waals surface area contributed by atoms with Crippen LogP contribution in [0.4, 0.5) is 0 Å². The molecule has 1 heterocycles. The van der Waals surface area contributed by atoms with E-state index in [0.29, 0.717) is 24.4 Å². The van der Waals surface area contributed by atoms with Crippen LogP contribution in [-0.4, -0.2) is 12.5 Å². The van der Waals surface area contributed by atoms with E-state index in [2.05, 4.69) is 44.3 Å². The first kappa shape index (κ1) is 15.3. The highest BCUT2D eigenvalue weighted by Gasteiger charge is 2.22. The van der Waals surface area contributed by atoms with E-state index in [1.165, 1.54) is 17.4 Å². The van der Waals surface area contributed by atoms with Gasteiger partial charge in [0.15, 0.2) is 0 Å². The van der Waals surface area contributed by atoms with Gasteiger partial charge in [-0.1, -0.05) is 43.7 Å². The summed E-state index contributed by atoms with van der Waals surface area (Å²) in [4.78, 5) is 12.1. The first-order chi connectivity index (χ1) is 9.92. The number of rotatable bonds is 5. The second-order valence-corrected chi connectivity index (χ2v) is 5.94. The lowest BCUT2D eigenvalue weighted by molar-refractivity contribution is 0.0945. The number of benzene rings is 1. The quantitative estimate of drug-likeness (QED) is 0.888. The van der Waals surface area contributed by atoms with Crippen molar-refractivity contribution in [2.45, 2.75) is 32.7 Å². The van der Waals surface area contributed by atoms with E-state index in [-0.39, 0.29) is 11.3 Å². The molecule has 4 heteroatoms. The van der Waals surface area contributed by atoms with Crippen LogP contribution in [0.25, 0.3) is 0 Å². The minimum atomic E-state index is -0.140. The van der Waals surface area contributed by atoms with Crippen LogP contribution < -0.4 is 11.1 Å². The number of nitrogens with two attached hydrogens (primary N) is 1. The Morgan fingerprint density at radius 2 is 2.10 bits per heavy atom. The lowest BCUT2D eigenvalue weighted by Crippen LogP contribution is -2.36. The van der Waals surface area contributed by atoms with E-state index < -0.39 is 0 Å². The Morgan fingerprint density at radius 1 is 1.33 bits per heavy atom.